The number of carboxylic acids is 1. The summed E-state index contributed by atoms with van der Waals surface area (Å²) in [5, 5.41) is 14.7. The Morgan fingerprint density at radius 2 is 1.62 bits per heavy atom. The lowest BCUT2D eigenvalue weighted by Gasteiger charge is -2.35. The highest BCUT2D eigenvalue weighted by Gasteiger charge is 2.42. The second kappa shape index (κ2) is 18.9. The monoisotopic (exact) mass is 666 g/mol. The molecule has 48 heavy (non-hydrogen) atoms. The largest absolute Gasteiger partial charge is 0.480 e. The van der Waals surface area contributed by atoms with Crippen LogP contribution in [0.15, 0.2) is 65.7 Å². The van der Waals surface area contributed by atoms with Gasteiger partial charge < -0.3 is 30.5 Å². The molecule has 4 atom stereocenters. The fourth-order valence-corrected chi connectivity index (χ4v) is 5.35. The minimum absolute atomic E-state index is 0.0302. The van der Waals surface area contributed by atoms with Crippen LogP contribution >= 0.6 is 0 Å². The number of ether oxygens (including phenoxy) is 2. The number of carbonyl (C=O) groups is 5. The first-order valence-corrected chi connectivity index (χ1v) is 16.1. The predicted molar refractivity (Wildman–Crippen MR) is 177 cm³/mol. The molecule has 3 rings (SSSR count). The Morgan fingerprint density at radius 1 is 1.02 bits per heavy atom. The van der Waals surface area contributed by atoms with Gasteiger partial charge in [-0.05, 0) is 42.7 Å². The van der Waals surface area contributed by atoms with Gasteiger partial charge in [-0.2, -0.15) is 0 Å². The number of aliphatic carboxylic acids is 1. The molecular formula is C34H46N6O8. The molecule has 1 saturated heterocycles. The van der Waals surface area contributed by atoms with E-state index in [1.165, 1.54) is 16.8 Å². The van der Waals surface area contributed by atoms with Crippen LogP contribution < -0.4 is 16.4 Å². The molecule has 0 spiro atoms. The quantitative estimate of drug-likeness (QED) is 0.125. The molecule has 2 aromatic carbocycles. The van der Waals surface area contributed by atoms with Crippen LogP contribution in [0.4, 0.5) is 9.59 Å². The second-order valence-corrected chi connectivity index (χ2v) is 11.7. The molecule has 1 aliphatic rings. The number of guanidine groups is 1. The van der Waals surface area contributed by atoms with Gasteiger partial charge in [-0.3, -0.25) is 24.8 Å². The standard InChI is InChI=1S/C34H46N6O8/c1-4-23(2)28(39(3)34(46)48-22-25-15-9-6-10-16-25)30(42)40-20-12-18-27(40)29(41)37-26(31(43)44)17-11-19-36-32(35)38-33(45)47-21-24-13-7-5-8-14-24/h5-10,13-16,23,26-28H,4,11-12,17-22H2,1-3H3,(H,37,41)(H,43,44)(H3,35,36,38,45)/t23-,26-,27-,28+/m0/s1. The number of nitrogens with one attached hydrogen (secondary N) is 2. The van der Waals surface area contributed by atoms with Crippen LogP contribution in [0.1, 0.15) is 57.1 Å². The van der Waals surface area contributed by atoms with Crippen LogP contribution in [0.5, 0.6) is 0 Å². The summed E-state index contributed by atoms with van der Waals surface area (Å²) in [5.41, 5.74) is 7.36. The van der Waals surface area contributed by atoms with Crippen molar-refractivity contribution in [2.75, 3.05) is 20.1 Å². The molecule has 1 aliphatic heterocycles. The highest BCUT2D eigenvalue weighted by Crippen LogP contribution is 2.24. The lowest BCUT2D eigenvalue weighted by Crippen LogP contribution is -2.57. The topological polar surface area (TPSA) is 193 Å². The van der Waals surface area contributed by atoms with E-state index in [9.17, 15) is 29.1 Å². The van der Waals surface area contributed by atoms with Gasteiger partial charge in [-0.25, -0.2) is 14.4 Å². The Bertz CT molecular complexity index is 1410. The summed E-state index contributed by atoms with van der Waals surface area (Å²) in [5.74, 6) is -2.65. The maximum absolute atomic E-state index is 13.9. The summed E-state index contributed by atoms with van der Waals surface area (Å²) in [6.45, 7) is 4.25. The minimum Gasteiger partial charge on any atom is -0.480 e. The van der Waals surface area contributed by atoms with E-state index in [0.717, 1.165) is 11.1 Å². The fraction of sp³-hybridized carbons (Fsp3) is 0.471. The number of rotatable bonds is 15. The van der Waals surface area contributed by atoms with Crippen molar-refractivity contribution in [1.29, 1.82) is 0 Å². The van der Waals surface area contributed by atoms with Gasteiger partial charge in [0.25, 0.3) is 0 Å². The number of hydrogen-bond donors (Lipinski definition) is 4. The molecular weight excluding hydrogens is 620 g/mol. The molecule has 1 fully saturated rings. The van der Waals surface area contributed by atoms with Gasteiger partial charge in [-0.15, -0.1) is 0 Å². The van der Waals surface area contributed by atoms with Gasteiger partial charge in [0.05, 0.1) is 0 Å². The minimum atomic E-state index is -1.24. The number of alkyl carbamates (subject to hydrolysis) is 1. The van der Waals surface area contributed by atoms with E-state index >= 15 is 0 Å². The highest BCUT2D eigenvalue weighted by molar-refractivity contribution is 5.94. The smallest absolute Gasteiger partial charge is 0.414 e. The molecule has 0 bridgehead atoms. The fourth-order valence-electron chi connectivity index (χ4n) is 5.35. The third-order valence-electron chi connectivity index (χ3n) is 8.18. The van der Waals surface area contributed by atoms with E-state index in [1.807, 2.05) is 62.4 Å². The average Bonchev–Trinajstić information content (AvgIpc) is 3.58. The van der Waals surface area contributed by atoms with Crippen LogP contribution in [0.2, 0.25) is 0 Å². The van der Waals surface area contributed by atoms with E-state index in [-0.39, 0.29) is 44.5 Å². The number of aliphatic imine (C=N–C) groups is 1. The average molecular weight is 667 g/mol. The number of likely N-dealkylation sites (tertiary alicyclic amines) is 1. The van der Waals surface area contributed by atoms with Gasteiger partial charge >= 0.3 is 18.2 Å². The van der Waals surface area contributed by atoms with Crippen molar-refractivity contribution in [3.8, 4) is 0 Å². The van der Waals surface area contributed by atoms with Crippen molar-refractivity contribution in [2.45, 2.75) is 77.3 Å². The molecule has 0 aliphatic carbocycles. The number of benzene rings is 2. The Labute approximate surface area is 280 Å². The maximum atomic E-state index is 13.9. The molecule has 0 saturated carbocycles. The van der Waals surface area contributed by atoms with Crippen molar-refractivity contribution in [3.63, 3.8) is 0 Å². The predicted octanol–water partition coefficient (Wildman–Crippen LogP) is 3.25. The number of likely N-dealkylation sites (N-methyl/N-ethyl adjacent to an activating group) is 1. The Morgan fingerprint density at radius 3 is 2.21 bits per heavy atom. The summed E-state index contributed by atoms with van der Waals surface area (Å²) in [6.07, 6.45) is 0.317. The number of hydrogen-bond acceptors (Lipinski definition) is 8. The van der Waals surface area contributed by atoms with Gasteiger partial charge in [0, 0.05) is 20.1 Å². The molecule has 4 amide bonds. The molecule has 14 nitrogen and oxygen atoms in total. The number of carbonyl (C=O) groups excluding carboxylic acids is 4. The summed E-state index contributed by atoms with van der Waals surface area (Å²) in [7, 11) is 1.51. The highest BCUT2D eigenvalue weighted by atomic mass is 16.6. The zero-order valence-electron chi connectivity index (χ0n) is 27.7. The first kappa shape index (κ1) is 37.3. The van der Waals surface area contributed by atoms with Crippen molar-refractivity contribution in [3.05, 3.63) is 71.8 Å². The van der Waals surface area contributed by atoms with Crippen LogP contribution in [-0.4, -0.2) is 89.1 Å². The third-order valence-corrected chi connectivity index (χ3v) is 8.18. The molecule has 0 unspecified atom stereocenters. The summed E-state index contributed by atoms with van der Waals surface area (Å²) in [6, 6.07) is 15.3. The summed E-state index contributed by atoms with van der Waals surface area (Å²) in [4.78, 5) is 70.9. The molecule has 0 radical (unpaired) electrons. The summed E-state index contributed by atoms with van der Waals surface area (Å²) < 4.78 is 10.6. The number of amides is 4. The van der Waals surface area contributed by atoms with E-state index < -0.39 is 48.1 Å². The van der Waals surface area contributed by atoms with Crippen LogP contribution in [0, 0.1) is 5.92 Å². The lowest BCUT2D eigenvalue weighted by atomic mass is 9.96. The summed E-state index contributed by atoms with van der Waals surface area (Å²) >= 11 is 0. The van der Waals surface area contributed by atoms with Crippen LogP contribution in [-0.2, 0) is 37.1 Å². The number of nitrogens with two attached hydrogens (primary N) is 1. The number of carboxylic acid groups (broad SMARTS) is 1. The SMILES string of the molecule is CC[C@H](C)[C@H](C(=O)N1CCC[C@H]1C(=O)N[C@@H](CCCN=C(N)NC(=O)OCc1ccccc1)C(=O)O)N(C)C(=O)OCc1ccccc1. The van der Waals surface area contributed by atoms with Crippen molar-refractivity contribution < 1.29 is 38.6 Å². The zero-order valence-corrected chi connectivity index (χ0v) is 27.7. The molecule has 5 N–H and O–H groups in total. The Balaban J connectivity index is 1.53. The van der Waals surface area contributed by atoms with E-state index in [4.69, 9.17) is 15.2 Å². The van der Waals surface area contributed by atoms with Gasteiger partial charge in [0.2, 0.25) is 11.8 Å². The molecule has 2 aromatic rings. The number of nitrogens with zero attached hydrogens (tertiary/aromatic N) is 3. The third kappa shape index (κ3) is 11.3. The lowest BCUT2D eigenvalue weighted by molar-refractivity contribution is -0.146. The van der Waals surface area contributed by atoms with Crippen LogP contribution in [0.3, 0.4) is 0 Å². The van der Waals surface area contributed by atoms with Gasteiger partial charge in [0.1, 0.15) is 31.3 Å². The van der Waals surface area contributed by atoms with Gasteiger partial charge in [-0.1, -0.05) is 80.9 Å². The maximum Gasteiger partial charge on any atom is 0.414 e. The molecule has 1 heterocycles. The van der Waals surface area contributed by atoms with Crippen LogP contribution in [0.25, 0.3) is 0 Å². The van der Waals surface area contributed by atoms with E-state index in [2.05, 4.69) is 15.6 Å². The Hall–Kier alpha value is -5.14. The molecule has 0 aromatic heterocycles. The van der Waals surface area contributed by atoms with Crippen molar-refractivity contribution in [1.82, 2.24) is 20.4 Å². The Kier molecular flexibility index (Phi) is 14.7. The molecule has 14 heteroatoms. The molecule has 260 valence electrons. The van der Waals surface area contributed by atoms with Crippen molar-refractivity contribution >= 4 is 35.9 Å². The van der Waals surface area contributed by atoms with Gasteiger partial charge in [0.15, 0.2) is 5.96 Å². The van der Waals surface area contributed by atoms with E-state index in [0.29, 0.717) is 25.8 Å². The first-order chi connectivity index (χ1) is 23.0. The second-order valence-electron chi connectivity index (χ2n) is 11.7. The first-order valence-electron chi connectivity index (χ1n) is 16.1. The normalized spacial score (nSPS) is 16.3. The zero-order chi connectivity index (χ0) is 35.1. The van der Waals surface area contributed by atoms with E-state index in [1.54, 1.807) is 12.1 Å². The van der Waals surface area contributed by atoms with Crippen molar-refractivity contribution in [2.24, 2.45) is 16.6 Å².